The summed E-state index contributed by atoms with van der Waals surface area (Å²) < 4.78 is 43.5. The number of fused-ring (bicyclic) bond motifs is 1. The van der Waals surface area contributed by atoms with Crippen molar-refractivity contribution in [1.82, 2.24) is 24.4 Å². The fraction of sp³-hybridized carbons (Fsp3) is 0.308. The van der Waals surface area contributed by atoms with Crippen molar-refractivity contribution in [2.45, 2.75) is 44.7 Å². The number of aromatic nitrogens is 4. The van der Waals surface area contributed by atoms with E-state index in [2.05, 4.69) is 15.3 Å². The molecule has 0 aliphatic heterocycles. The smallest absolute Gasteiger partial charge is 0.335 e. The van der Waals surface area contributed by atoms with Gasteiger partial charge in [0.2, 0.25) is 0 Å². The summed E-state index contributed by atoms with van der Waals surface area (Å²) >= 11 is 12.2. The monoisotopic (exact) mass is 563 g/mol. The molecule has 3 aromatic heterocycles. The molecule has 1 fully saturated rings. The number of halogens is 5. The van der Waals surface area contributed by atoms with E-state index in [9.17, 15) is 22.8 Å². The van der Waals surface area contributed by atoms with E-state index in [1.165, 1.54) is 28.8 Å². The van der Waals surface area contributed by atoms with E-state index < -0.39 is 23.8 Å². The topological polar surface area (TPSA) is 81.8 Å². The second-order valence-electron chi connectivity index (χ2n) is 9.25. The van der Waals surface area contributed by atoms with E-state index in [-0.39, 0.29) is 38.9 Å². The van der Waals surface area contributed by atoms with Crippen molar-refractivity contribution in [1.29, 1.82) is 0 Å². The number of nitrogens with zero attached hydrogens (tertiary/aromatic N) is 4. The molecule has 0 spiro atoms. The molecule has 0 saturated heterocycles. The number of pyridine rings is 2. The zero-order chi connectivity index (χ0) is 27.0. The molecule has 1 amide bonds. The first-order chi connectivity index (χ1) is 18.2. The Balaban J connectivity index is 1.32. The third-order valence-electron chi connectivity index (χ3n) is 6.79. The van der Waals surface area contributed by atoms with Crippen LogP contribution in [0.3, 0.4) is 0 Å². The van der Waals surface area contributed by atoms with Crippen molar-refractivity contribution in [2.75, 3.05) is 0 Å². The third-order valence-corrected chi connectivity index (χ3v) is 7.32. The van der Waals surface area contributed by atoms with Gasteiger partial charge in [0.15, 0.2) is 5.65 Å². The first-order valence-corrected chi connectivity index (χ1v) is 12.7. The van der Waals surface area contributed by atoms with E-state index in [0.29, 0.717) is 43.4 Å². The summed E-state index contributed by atoms with van der Waals surface area (Å²) in [5, 5.41) is 3.15. The maximum atomic E-state index is 14.0. The Hall–Kier alpha value is -3.37. The van der Waals surface area contributed by atoms with Crippen LogP contribution in [0.25, 0.3) is 16.9 Å². The first-order valence-electron chi connectivity index (χ1n) is 12.0. The zero-order valence-electron chi connectivity index (χ0n) is 19.9. The van der Waals surface area contributed by atoms with Gasteiger partial charge in [0.05, 0.1) is 26.8 Å². The highest BCUT2D eigenvalue weighted by Gasteiger charge is 2.27. The van der Waals surface area contributed by atoms with Crippen LogP contribution >= 0.6 is 23.2 Å². The maximum Gasteiger partial charge on any atom is 0.335 e. The van der Waals surface area contributed by atoms with Gasteiger partial charge < -0.3 is 5.32 Å². The molecule has 0 bridgehead atoms. The first kappa shape index (κ1) is 26.2. The van der Waals surface area contributed by atoms with Crippen molar-refractivity contribution in [3.05, 3.63) is 86.4 Å². The minimum absolute atomic E-state index is 0.0981. The van der Waals surface area contributed by atoms with Crippen LogP contribution in [-0.4, -0.2) is 31.1 Å². The zero-order valence-corrected chi connectivity index (χ0v) is 21.4. The minimum Gasteiger partial charge on any atom is -0.349 e. The lowest BCUT2D eigenvalue weighted by Gasteiger charge is -2.29. The Morgan fingerprint density at radius 1 is 1.11 bits per heavy atom. The third kappa shape index (κ3) is 5.15. The summed E-state index contributed by atoms with van der Waals surface area (Å²) in [5.74, 6) is -1.06. The summed E-state index contributed by atoms with van der Waals surface area (Å²) in [5.41, 5.74) is -0.0244. The number of alkyl halides is 2. The Bertz CT molecular complexity index is 1560. The number of imidazole rings is 1. The van der Waals surface area contributed by atoms with Crippen molar-refractivity contribution in [3.8, 4) is 5.69 Å². The van der Waals surface area contributed by atoms with E-state index in [1.807, 2.05) is 0 Å². The number of carbonyl (C=O) groups excluding carboxylic acids is 1. The molecular weight excluding hydrogens is 542 g/mol. The molecule has 4 aromatic rings. The van der Waals surface area contributed by atoms with Crippen LogP contribution in [0.1, 0.15) is 48.2 Å². The van der Waals surface area contributed by atoms with E-state index in [0.717, 1.165) is 6.20 Å². The van der Waals surface area contributed by atoms with Gasteiger partial charge in [-0.25, -0.2) is 22.9 Å². The van der Waals surface area contributed by atoms with Crippen LogP contribution in [0.15, 0.2) is 53.6 Å². The normalized spacial score (nSPS) is 17.7. The van der Waals surface area contributed by atoms with Gasteiger partial charge in [0, 0.05) is 25.0 Å². The molecule has 7 nitrogen and oxygen atoms in total. The second-order valence-corrected chi connectivity index (χ2v) is 10.1. The summed E-state index contributed by atoms with van der Waals surface area (Å²) in [6.45, 7) is 0.376. The van der Waals surface area contributed by atoms with E-state index in [1.54, 1.807) is 22.9 Å². The maximum absolute atomic E-state index is 14.0. The fourth-order valence-electron chi connectivity index (χ4n) is 4.96. The molecule has 1 saturated carbocycles. The van der Waals surface area contributed by atoms with Crippen LogP contribution in [0, 0.1) is 11.7 Å². The lowest BCUT2D eigenvalue weighted by atomic mass is 9.86. The quantitative estimate of drug-likeness (QED) is 0.314. The number of rotatable bonds is 6. The SMILES string of the molecule is O=C(N[C@H]1CC[C@H](Cn2c(=O)n(-c3cc(F)ccc3Cl)c3cccnc32)CC1)c1cc(Cl)cnc1C(F)F. The van der Waals surface area contributed by atoms with Crippen LogP contribution < -0.4 is 11.0 Å². The van der Waals surface area contributed by atoms with Gasteiger partial charge >= 0.3 is 5.69 Å². The summed E-state index contributed by atoms with van der Waals surface area (Å²) in [7, 11) is 0. The minimum atomic E-state index is -2.90. The average molecular weight is 564 g/mol. The lowest BCUT2D eigenvalue weighted by Crippen LogP contribution is -2.39. The predicted molar refractivity (Wildman–Crippen MR) is 138 cm³/mol. The highest BCUT2D eigenvalue weighted by molar-refractivity contribution is 6.32. The van der Waals surface area contributed by atoms with Crippen LogP contribution in [-0.2, 0) is 6.54 Å². The second kappa shape index (κ2) is 10.8. The molecule has 198 valence electrons. The van der Waals surface area contributed by atoms with Crippen molar-refractivity contribution < 1.29 is 18.0 Å². The molecule has 0 atom stereocenters. The molecule has 3 heterocycles. The molecular formula is C26H22Cl2F3N5O2. The Kier molecular flexibility index (Phi) is 7.45. The van der Waals surface area contributed by atoms with Gasteiger partial charge in [-0.05, 0) is 68.0 Å². The van der Waals surface area contributed by atoms with Gasteiger partial charge in [0.25, 0.3) is 12.3 Å². The molecule has 38 heavy (non-hydrogen) atoms. The highest BCUT2D eigenvalue weighted by Crippen LogP contribution is 2.29. The fourth-order valence-corrected chi connectivity index (χ4v) is 5.32. The van der Waals surface area contributed by atoms with Gasteiger partial charge in [0.1, 0.15) is 11.5 Å². The predicted octanol–water partition coefficient (Wildman–Crippen LogP) is 5.95. The van der Waals surface area contributed by atoms with Crippen LogP contribution in [0.2, 0.25) is 10.0 Å². The summed E-state index contributed by atoms with van der Waals surface area (Å²) in [6, 6.07) is 8.23. The molecule has 12 heteroatoms. The Labute approximate surface area is 225 Å². The highest BCUT2D eigenvalue weighted by atomic mass is 35.5. The van der Waals surface area contributed by atoms with E-state index in [4.69, 9.17) is 23.2 Å². The molecule has 1 N–H and O–H groups in total. The lowest BCUT2D eigenvalue weighted by molar-refractivity contribution is 0.0904. The molecule has 0 radical (unpaired) electrons. The van der Waals surface area contributed by atoms with Crippen LogP contribution in [0.5, 0.6) is 0 Å². The van der Waals surface area contributed by atoms with Crippen molar-refractivity contribution in [3.63, 3.8) is 0 Å². The Morgan fingerprint density at radius 3 is 2.61 bits per heavy atom. The summed E-state index contributed by atoms with van der Waals surface area (Å²) in [6.07, 6.45) is 2.35. The Morgan fingerprint density at radius 2 is 1.87 bits per heavy atom. The number of amides is 1. The number of benzene rings is 1. The number of nitrogens with one attached hydrogen (secondary N) is 1. The van der Waals surface area contributed by atoms with Crippen molar-refractivity contribution in [2.24, 2.45) is 5.92 Å². The number of hydrogen-bond donors (Lipinski definition) is 1. The van der Waals surface area contributed by atoms with Gasteiger partial charge in [-0.1, -0.05) is 23.2 Å². The van der Waals surface area contributed by atoms with Gasteiger partial charge in [-0.3, -0.25) is 18.9 Å². The van der Waals surface area contributed by atoms with Crippen molar-refractivity contribution >= 4 is 40.3 Å². The number of hydrogen-bond acceptors (Lipinski definition) is 4. The van der Waals surface area contributed by atoms with E-state index >= 15 is 0 Å². The molecule has 1 aliphatic rings. The van der Waals surface area contributed by atoms with Crippen LogP contribution in [0.4, 0.5) is 13.2 Å². The molecule has 0 unspecified atom stereocenters. The summed E-state index contributed by atoms with van der Waals surface area (Å²) in [4.78, 5) is 34.2. The molecule has 1 aliphatic carbocycles. The molecule has 5 rings (SSSR count). The van der Waals surface area contributed by atoms with Gasteiger partial charge in [-0.2, -0.15) is 0 Å². The standard InChI is InChI=1S/C26H22Cl2F3N5O2/c27-15-10-18(22(23(30)31)33-12-15)25(37)34-17-6-3-14(4-7-17)13-35-24-20(2-1-9-32-24)36(26(35)38)21-11-16(29)5-8-19(21)28/h1-2,5,8-12,14,17,23H,3-4,6-7,13H2,(H,34,37)/t14-,17-. The van der Waals surface area contributed by atoms with Gasteiger partial charge in [-0.15, -0.1) is 0 Å². The largest absolute Gasteiger partial charge is 0.349 e. The average Bonchev–Trinajstić information content (AvgIpc) is 3.17. The molecule has 1 aromatic carbocycles. The number of carbonyl (C=O) groups is 1.